The number of hydrogen-bond donors (Lipinski definition) is 1. The van der Waals surface area contributed by atoms with Crippen LogP contribution in [0.3, 0.4) is 0 Å². The molecular formula is C81H100Br3N13O4. The van der Waals surface area contributed by atoms with E-state index in [9.17, 15) is 19.2 Å². The average molecular weight is 1560 g/mol. The Labute approximate surface area is 629 Å². The van der Waals surface area contributed by atoms with Gasteiger partial charge in [-0.3, -0.25) is 49.0 Å². The first-order valence-corrected chi connectivity index (χ1v) is 36.1. The summed E-state index contributed by atoms with van der Waals surface area (Å²) >= 11 is 3.38. The van der Waals surface area contributed by atoms with Crippen LogP contribution in [0.5, 0.6) is 0 Å². The number of alkyl halides is 1. The molecule has 2 N–H and O–H groups in total. The molecule has 0 bridgehead atoms. The average Bonchev–Trinajstić information content (AvgIpc) is 1.65. The Balaban J connectivity index is 0.000000301. The monoisotopic (exact) mass is 1560 g/mol. The van der Waals surface area contributed by atoms with Gasteiger partial charge in [0.15, 0.2) is 24.8 Å². The van der Waals surface area contributed by atoms with Gasteiger partial charge >= 0.3 is 0 Å². The fourth-order valence-electron chi connectivity index (χ4n) is 10.7. The molecule has 0 unspecified atom stereocenters. The fraction of sp³-hybridized carbons (Fsp3) is 0.346. The molecular weight excluding hydrogens is 1460 g/mol. The summed E-state index contributed by atoms with van der Waals surface area (Å²) in [6.45, 7) is 13.6. The molecule has 3 aromatic heterocycles. The minimum Gasteiger partial charge on any atom is -1.00 e. The summed E-state index contributed by atoms with van der Waals surface area (Å²) in [4.78, 5) is 57.0. The standard InChI is InChI=1S/C29H33N4O2.C23H20N4O2.C21H31N4.C6H13Br.C2H3N.2BrH/c1-2-3-4-10-18-31-21-16-24(17-22-31)23-30-33(25-12-6-5-7-13-25)20-11-19-32-28(34)26-14-8-9-15-27(26)29(32)35;28-22-20-9-4-5-10-21(20)23(29)26(22)15-6-16-27(19-7-2-1-3-8-19)25-17-18-11-13-24-14-12-18;1-2-3-4-8-15-24-17-12-20(13-18-24)19-23-25(16-9-14-22)21-10-6-5-7-11-21;1-2-3-4-5-6-7;1-2-3;;/h5-9,12-17,21-23H,2-4,10-11,18-20H2,1H3;1-5,7-14,17H,6,15-16H2;5-7,10-13,17-19H,2-4,8-9,14-16,22H2,1H3;2-6H2,1H3;1H3;2*1H/q+1;;+1;;;;/p-2/b;25-17+;;;;;. The van der Waals surface area contributed by atoms with Gasteiger partial charge in [-0.2, -0.15) is 20.6 Å². The van der Waals surface area contributed by atoms with Crippen molar-refractivity contribution in [1.29, 1.82) is 5.26 Å². The first-order chi connectivity index (χ1) is 48.6. The maximum atomic E-state index is 12.6. The Hall–Kier alpha value is -8.87. The van der Waals surface area contributed by atoms with Crippen LogP contribution in [0.1, 0.15) is 182 Å². The molecule has 5 heterocycles. The van der Waals surface area contributed by atoms with Crippen molar-refractivity contribution in [3.63, 3.8) is 0 Å². The molecule has 0 saturated carbocycles. The highest BCUT2D eigenvalue weighted by molar-refractivity contribution is 9.09. The maximum absolute atomic E-state index is 12.6. The van der Waals surface area contributed by atoms with Crippen molar-refractivity contribution in [2.75, 3.05) is 59.6 Å². The second-order valence-corrected chi connectivity index (χ2v) is 24.5. The quantitative estimate of drug-likeness (QED) is 0.0101. The number of amides is 4. The SMILES string of the molecule is CC#N.CCCCCCBr.CCCCCC[n+]1ccc(/C=N/N(CCCN)c2ccccc2)cc1.CCCCCC[n+]1ccc(/C=N/N(CCCN2C(=O)c3ccccc3C2=O)c2ccccc2)cc1.O=C1c2ccccc2C(=O)N1CCCN(/N=C/c1ccncc1)c1ccccc1.[Br-].[Br-]. The summed E-state index contributed by atoms with van der Waals surface area (Å²) in [5.74, 6) is -0.880. The number of unbranched alkanes of at least 4 members (excludes halogenated alkanes) is 9. The molecule has 101 heavy (non-hydrogen) atoms. The van der Waals surface area contributed by atoms with Crippen molar-refractivity contribution >= 4 is 75.3 Å². The number of hydrogen-bond acceptors (Lipinski definition) is 13. The highest BCUT2D eigenvalue weighted by atomic mass is 79.9. The molecule has 0 radical (unpaired) electrons. The summed E-state index contributed by atoms with van der Waals surface area (Å²) in [5.41, 5.74) is 13.7. The summed E-state index contributed by atoms with van der Waals surface area (Å²) < 4.78 is 4.46. The van der Waals surface area contributed by atoms with Crippen molar-refractivity contribution in [2.24, 2.45) is 21.0 Å². The molecule has 20 heteroatoms. The lowest BCUT2D eigenvalue weighted by Crippen LogP contribution is -3.00. The van der Waals surface area contributed by atoms with Gasteiger partial charge < -0.3 is 39.7 Å². The van der Waals surface area contributed by atoms with Crippen LogP contribution in [-0.2, 0) is 13.1 Å². The molecule has 4 amide bonds. The van der Waals surface area contributed by atoms with Gasteiger partial charge in [0, 0.05) is 106 Å². The number of carbonyl (C=O) groups is 4. The molecule has 8 aromatic rings. The number of anilines is 3. The molecule has 2 aliphatic rings. The number of nitrogens with zero attached hydrogens (tertiary/aromatic N) is 12. The lowest BCUT2D eigenvalue weighted by atomic mass is 10.1. The number of hydrazone groups is 3. The van der Waals surface area contributed by atoms with Crippen molar-refractivity contribution < 1.29 is 62.3 Å². The van der Waals surface area contributed by atoms with Crippen molar-refractivity contribution in [2.45, 2.75) is 137 Å². The zero-order valence-electron chi connectivity index (χ0n) is 59.1. The van der Waals surface area contributed by atoms with E-state index < -0.39 is 0 Å². The number of pyridine rings is 3. The fourth-order valence-corrected chi connectivity index (χ4v) is 11.1. The number of fused-ring (bicyclic) bond motifs is 2. The van der Waals surface area contributed by atoms with Crippen LogP contribution in [0.25, 0.3) is 0 Å². The third kappa shape index (κ3) is 29.7. The predicted molar refractivity (Wildman–Crippen MR) is 406 cm³/mol. The van der Waals surface area contributed by atoms with Gasteiger partial charge in [0.25, 0.3) is 23.6 Å². The first kappa shape index (κ1) is 84.5. The predicted octanol–water partition coefficient (Wildman–Crippen LogP) is 9.93. The molecule has 5 aromatic carbocycles. The largest absolute Gasteiger partial charge is 1.00 e. The van der Waals surface area contributed by atoms with Gasteiger partial charge in [0.1, 0.15) is 13.1 Å². The van der Waals surface area contributed by atoms with Crippen LogP contribution in [-0.4, -0.2) is 102 Å². The van der Waals surface area contributed by atoms with Gasteiger partial charge in [-0.1, -0.05) is 161 Å². The van der Waals surface area contributed by atoms with Crippen molar-refractivity contribution in [3.8, 4) is 6.07 Å². The van der Waals surface area contributed by atoms with Crippen molar-refractivity contribution in [3.05, 3.63) is 252 Å². The lowest BCUT2D eigenvalue weighted by molar-refractivity contribution is -0.697. The molecule has 0 atom stereocenters. The van der Waals surface area contributed by atoms with E-state index in [1.807, 2.05) is 118 Å². The number of para-hydroxylation sites is 3. The van der Waals surface area contributed by atoms with Crippen LogP contribution in [0.15, 0.2) is 228 Å². The Morgan fingerprint density at radius 1 is 0.436 bits per heavy atom. The molecule has 2 aliphatic heterocycles. The second-order valence-electron chi connectivity index (χ2n) is 23.7. The van der Waals surface area contributed by atoms with Gasteiger partial charge in [-0.25, -0.2) is 9.13 Å². The Morgan fingerprint density at radius 3 is 1.04 bits per heavy atom. The molecule has 534 valence electrons. The summed E-state index contributed by atoms with van der Waals surface area (Å²) in [6.07, 6.45) is 35.2. The molecule has 0 spiro atoms. The van der Waals surface area contributed by atoms with Crippen LogP contribution in [0, 0.1) is 11.3 Å². The summed E-state index contributed by atoms with van der Waals surface area (Å²) in [5, 5.41) is 28.3. The Kier molecular flexibility index (Phi) is 42.2. The Morgan fingerprint density at radius 2 is 0.733 bits per heavy atom. The number of benzene rings is 5. The van der Waals surface area contributed by atoms with Crippen LogP contribution in [0.4, 0.5) is 17.1 Å². The lowest BCUT2D eigenvalue weighted by Gasteiger charge is -2.21. The number of nitrogens with two attached hydrogens (primary N) is 1. The number of aryl methyl sites for hydroxylation is 2. The van der Waals surface area contributed by atoms with E-state index >= 15 is 0 Å². The minimum atomic E-state index is -0.225. The van der Waals surface area contributed by atoms with Gasteiger partial charge in [-0.05, 0) is 123 Å². The Bertz CT molecular complexity index is 3680. The molecule has 0 saturated heterocycles. The molecule has 17 nitrogen and oxygen atoms in total. The van der Waals surface area contributed by atoms with E-state index in [4.69, 9.17) is 16.1 Å². The topological polar surface area (TPSA) is 192 Å². The third-order valence-electron chi connectivity index (χ3n) is 16.1. The third-order valence-corrected chi connectivity index (χ3v) is 16.7. The highest BCUT2D eigenvalue weighted by Gasteiger charge is 2.36. The molecule has 10 rings (SSSR count). The second kappa shape index (κ2) is 50.5. The van der Waals surface area contributed by atoms with E-state index in [0.717, 1.165) is 59.8 Å². The zero-order chi connectivity index (χ0) is 70.5. The number of carbonyl (C=O) groups excluding carboxylic acids is 4. The van der Waals surface area contributed by atoms with E-state index in [2.05, 4.69) is 122 Å². The number of nitriles is 1. The molecule has 0 aliphatic carbocycles. The first-order valence-electron chi connectivity index (χ1n) is 35.0. The van der Waals surface area contributed by atoms with Crippen LogP contribution < -0.4 is 63.9 Å². The number of imide groups is 2. The highest BCUT2D eigenvalue weighted by Crippen LogP contribution is 2.25. The van der Waals surface area contributed by atoms with Gasteiger partial charge in [0.05, 0.1) is 64.0 Å². The van der Waals surface area contributed by atoms with Crippen molar-refractivity contribution in [1.82, 2.24) is 14.8 Å². The minimum absolute atomic E-state index is 0. The summed E-state index contributed by atoms with van der Waals surface area (Å²) in [7, 11) is 0. The van der Waals surface area contributed by atoms with E-state index in [0.29, 0.717) is 67.8 Å². The van der Waals surface area contributed by atoms with E-state index in [1.165, 1.54) is 99.1 Å². The normalized spacial score (nSPS) is 11.8. The van der Waals surface area contributed by atoms with Crippen LogP contribution >= 0.6 is 15.9 Å². The van der Waals surface area contributed by atoms with Gasteiger partial charge in [0.2, 0.25) is 0 Å². The maximum Gasteiger partial charge on any atom is 0.261 e. The van der Waals surface area contributed by atoms with E-state index in [-0.39, 0.29) is 57.6 Å². The number of rotatable bonds is 34. The number of aromatic nitrogens is 3. The van der Waals surface area contributed by atoms with Crippen LogP contribution in [0.2, 0.25) is 0 Å². The number of halogens is 3. The van der Waals surface area contributed by atoms with E-state index in [1.54, 1.807) is 73.2 Å². The summed E-state index contributed by atoms with van der Waals surface area (Å²) in [6, 6.07) is 57.8. The molecule has 0 fully saturated rings. The zero-order valence-corrected chi connectivity index (χ0v) is 63.9. The smallest absolute Gasteiger partial charge is 0.261 e. The van der Waals surface area contributed by atoms with Gasteiger partial charge in [-0.15, -0.1) is 0 Å².